The minimum atomic E-state index is -0.426. The molecule has 0 spiro atoms. The second kappa shape index (κ2) is 7.09. The molecule has 7 nitrogen and oxygen atoms in total. The van der Waals surface area contributed by atoms with Crippen molar-refractivity contribution < 1.29 is 0 Å². The molecule has 28 heavy (non-hydrogen) atoms. The highest BCUT2D eigenvalue weighted by Gasteiger charge is 2.19. The Hall–Kier alpha value is -3.18. The fourth-order valence-electron chi connectivity index (χ4n) is 3.17. The lowest BCUT2D eigenvalue weighted by Gasteiger charge is -2.09. The zero-order valence-corrected chi connectivity index (χ0v) is 16.9. The number of fused-ring (bicyclic) bond motifs is 2. The highest BCUT2D eigenvalue weighted by Crippen LogP contribution is 2.17. The Morgan fingerprint density at radius 1 is 1.18 bits per heavy atom. The van der Waals surface area contributed by atoms with Crippen molar-refractivity contribution in [3.8, 4) is 11.8 Å². The third kappa shape index (κ3) is 2.94. The monoisotopic (exact) mass is 437 g/mol. The van der Waals surface area contributed by atoms with E-state index < -0.39 is 11.2 Å². The van der Waals surface area contributed by atoms with Crippen LogP contribution in [0.1, 0.15) is 12.5 Å². The van der Waals surface area contributed by atoms with Gasteiger partial charge < -0.3 is 4.57 Å². The normalized spacial score (nSPS) is 11.0. The van der Waals surface area contributed by atoms with E-state index in [1.807, 2.05) is 30.3 Å². The molecule has 0 fully saturated rings. The number of benzene rings is 1. The first-order valence-corrected chi connectivity index (χ1v) is 9.39. The lowest BCUT2D eigenvalue weighted by molar-refractivity contribution is 0.653. The third-order valence-electron chi connectivity index (χ3n) is 4.59. The maximum absolute atomic E-state index is 13.2. The van der Waals surface area contributed by atoms with E-state index in [9.17, 15) is 9.59 Å². The van der Waals surface area contributed by atoms with Crippen molar-refractivity contribution in [3.05, 3.63) is 67.7 Å². The Morgan fingerprint density at radius 2 is 1.96 bits per heavy atom. The zero-order valence-electron chi connectivity index (χ0n) is 15.3. The smallest absolute Gasteiger partial charge is 0.301 e. The molecule has 8 heteroatoms. The van der Waals surface area contributed by atoms with Crippen molar-refractivity contribution >= 4 is 38.0 Å². The molecule has 0 aliphatic carbocycles. The van der Waals surface area contributed by atoms with Gasteiger partial charge in [0.25, 0.3) is 5.56 Å². The first-order valence-electron chi connectivity index (χ1n) is 8.60. The molecule has 3 heterocycles. The van der Waals surface area contributed by atoms with E-state index in [1.54, 1.807) is 24.7 Å². The van der Waals surface area contributed by atoms with Gasteiger partial charge in [0.05, 0.1) is 18.6 Å². The first-order chi connectivity index (χ1) is 13.5. The van der Waals surface area contributed by atoms with Crippen LogP contribution in [0.3, 0.4) is 0 Å². The second-order valence-electron chi connectivity index (χ2n) is 6.34. The van der Waals surface area contributed by atoms with Crippen LogP contribution in [-0.2, 0) is 20.1 Å². The van der Waals surface area contributed by atoms with Gasteiger partial charge in [-0.05, 0) is 40.5 Å². The fourth-order valence-corrected chi connectivity index (χ4v) is 3.64. The van der Waals surface area contributed by atoms with Gasteiger partial charge >= 0.3 is 5.69 Å². The molecule has 0 saturated carbocycles. The van der Waals surface area contributed by atoms with Crippen LogP contribution in [0, 0.1) is 11.8 Å². The number of nitrogens with zero attached hydrogens (tertiary/aromatic N) is 5. The maximum Gasteiger partial charge on any atom is 0.332 e. The van der Waals surface area contributed by atoms with E-state index in [4.69, 9.17) is 0 Å². The summed E-state index contributed by atoms with van der Waals surface area (Å²) in [6, 6.07) is 9.65. The molecule has 1 aromatic carbocycles. The van der Waals surface area contributed by atoms with Crippen LogP contribution in [0.4, 0.5) is 0 Å². The van der Waals surface area contributed by atoms with Gasteiger partial charge in [-0.1, -0.05) is 24.1 Å². The lowest BCUT2D eigenvalue weighted by Crippen LogP contribution is -2.40. The Balaban J connectivity index is 1.91. The topological polar surface area (TPSA) is 74.7 Å². The predicted molar refractivity (Wildman–Crippen MR) is 111 cm³/mol. The summed E-state index contributed by atoms with van der Waals surface area (Å²) < 4.78 is 4.72. The van der Waals surface area contributed by atoms with Crippen molar-refractivity contribution in [1.82, 2.24) is 23.7 Å². The highest BCUT2D eigenvalue weighted by molar-refractivity contribution is 9.10. The van der Waals surface area contributed by atoms with Gasteiger partial charge in [0.2, 0.25) is 0 Å². The predicted octanol–water partition coefficient (Wildman–Crippen LogP) is 2.28. The molecule has 0 saturated heterocycles. The van der Waals surface area contributed by atoms with Crippen molar-refractivity contribution in [1.29, 1.82) is 0 Å². The van der Waals surface area contributed by atoms with E-state index in [0.29, 0.717) is 22.4 Å². The van der Waals surface area contributed by atoms with Crippen LogP contribution in [0.2, 0.25) is 0 Å². The molecule has 4 aromatic rings. The summed E-state index contributed by atoms with van der Waals surface area (Å²) in [7, 11) is 1.61. The van der Waals surface area contributed by atoms with Crippen LogP contribution >= 0.6 is 15.9 Å². The van der Waals surface area contributed by atoms with Crippen molar-refractivity contribution in [2.45, 2.75) is 20.0 Å². The van der Waals surface area contributed by atoms with Crippen LogP contribution in [0.5, 0.6) is 0 Å². The van der Waals surface area contributed by atoms with Gasteiger partial charge in [-0.15, -0.1) is 5.92 Å². The van der Waals surface area contributed by atoms with Gasteiger partial charge in [-0.25, -0.2) is 9.78 Å². The lowest BCUT2D eigenvalue weighted by atomic mass is 10.1. The fraction of sp³-hybridized carbons (Fsp3) is 0.200. The molecule has 0 N–H and O–H groups in total. The zero-order chi connectivity index (χ0) is 19.8. The molecule has 140 valence electrons. The number of hydrogen-bond acceptors (Lipinski definition) is 4. The van der Waals surface area contributed by atoms with Gasteiger partial charge in [0.15, 0.2) is 15.9 Å². The number of pyridine rings is 1. The molecule has 0 atom stereocenters. The van der Waals surface area contributed by atoms with Gasteiger partial charge in [-0.2, -0.15) is 0 Å². The average Bonchev–Trinajstić information content (AvgIpc) is 3.04. The number of imidazole rings is 1. The number of aryl methyl sites for hydroxylation is 1. The number of hydrogen-bond donors (Lipinski definition) is 0. The van der Waals surface area contributed by atoms with E-state index in [2.05, 4.69) is 37.7 Å². The number of rotatable bonds is 3. The van der Waals surface area contributed by atoms with Crippen LogP contribution in [-0.4, -0.2) is 23.7 Å². The Kier molecular flexibility index (Phi) is 4.61. The summed E-state index contributed by atoms with van der Waals surface area (Å²) in [5.41, 5.74) is 1.47. The van der Waals surface area contributed by atoms with Gasteiger partial charge in [-0.3, -0.25) is 18.9 Å². The Morgan fingerprint density at radius 3 is 2.75 bits per heavy atom. The highest BCUT2D eigenvalue weighted by atomic mass is 79.9. The van der Waals surface area contributed by atoms with E-state index in [0.717, 1.165) is 16.5 Å². The maximum atomic E-state index is 13.2. The Bertz CT molecular complexity index is 1400. The van der Waals surface area contributed by atoms with Crippen molar-refractivity contribution in [2.75, 3.05) is 0 Å². The number of halogens is 1. The quantitative estimate of drug-likeness (QED) is 0.364. The van der Waals surface area contributed by atoms with Crippen LogP contribution < -0.4 is 11.2 Å². The molecule has 0 aliphatic rings. The summed E-state index contributed by atoms with van der Waals surface area (Å²) in [4.78, 5) is 34.7. The average molecular weight is 438 g/mol. The summed E-state index contributed by atoms with van der Waals surface area (Å²) >= 11 is 3.36. The SMILES string of the molecule is CC#CCn1c(Br)nc2c1c(=O)n(Cc1cnc3ccccc3c1)c(=O)n2C. The molecule has 4 rings (SSSR count). The molecule has 0 bridgehead atoms. The molecule has 0 unspecified atom stereocenters. The number of para-hydroxylation sites is 1. The van der Waals surface area contributed by atoms with E-state index in [1.165, 1.54) is 9.13 Å². The molecular weight excluding hydrogens is 422 g/mol. The molecule has 0 radical (unpaired) electrons. The first kappa shape index (κ1) is 18.2. The van der Waals surface area contributed by atoms with Gasteiger partial charge in [0, 0.05) is 18.6 Å². The van der Waals surface area contributed by atoms with Crippen LogP contribution in [0.15, 0.2) is 50.9 Å². The van der Waals surface area contributed by atoms with Crippen molar-refractivity contribution in [2.24, 2.45) is 7.05 Å². The molecule has 0 amide bonds. The minimum Gasteiger partial charge on any atom is -0.301 e. The van der Waals surface area contributed by atoms with E-state index in [-0.39, 0.29) is 6.54 Å². The van der Waals surface area contributed by atoms with Gasteiger partial charge in [0.1, 0.15) is 0 Å². The van der Waals surface area contributed by atoms with E-state index >= 15 is 0 Å². The molecule has 3 aromatic heterocycles. The third-order valence-corrected chi connectivity index (χ3v) is 5.19. The van der Waals surface area contributed by atoms with Crippen LogP contribution in [0.25, 0.3) is 22.1 Å². The summed E-state index contributed by atoms with van der Waals surface area (Å²) in [5.74, 6) is 5.74. The summed E-state index contributed by atoms with van der Waals surface area (Å²) in [6.45, 7) is 2.16. The second-order valence-corrected chi connectivity index (χ2v) is 7.04. The summed E-state index contributed by atoms with van der Waals surface area (Å²) in [6.07, 6.45) is 1.69. The largest absolute Gasteiger partial charge is 0.332 e. The van der Waals surface area contributed by atoms with Crippen molar-refractivity contribution in [3.63, 3.8) is 0 Å². The Labute approximate surface area is 168 Å². The molecule has 0 aliphatic heterocycles. The minimum absolute atomic E-state index is 0.127. The molecular formula is C20H16BrN5O2. The standard InChI is InChI=1S/C20H16BrN5O2/c1-3-4-9-25-16-17(23-19(25)21)24(2)20(28)26(18(16)27)12-13-10-14-7-5-6-8-15(14)22-11-13/h5-8,10-11H,9,12H2,1-2H3. The number of aromatic nitrogens is 5. The summed E-state index contributed by atoms with van der Waals surface area (Å²) in [5, 5.41) is 0.956.